The summed E-state index contributed by atoms with van der Waals surface area (Å²) in [5, 5.41) is 18.8. The van der Waals surface area contributed by atoms with Crippen LogP contribution in [0.25, 0.3) is 0 Å². The van der Waals surface area contributed by atoms with Crippen LogP contribution in [0, 0.1) is 10.1 Å². The Hall–Kier alpha value is -2.57. The predicted octanol–water partition coefficient (Wildman–Crippen LogP) is 0.821. The predicted molar refractivity (Wildman–Crippen MR) is 54.7 cm³/mol. The third kappa shape index (κ3) is 3.20. The highest BCUT2D eigenvalue weighted by Crippen LogP contribution is 2.14. The Morgan fingerprint density at radius 1 is 1.29 bits per heavy atom. The van der Waals surface area contributed by atoms with Gasteiger partial charge in [0.2, 0.25) is 5.78 Å². The lowest BCUT2D eigenvalue weighted by Crippen LogP contribution is -2.17. The zero-order valence-corrected chi connectivity index (χ0v) is 8.45. The van der Waals surface area contributed by atoms with E-state index in [9.17, 15) is 24.5 Å². The molecule has 17 heavy (non-hydrogen) atoms. The molecule has 1 N–H and O–H groups in total. The third-order valence-corrected chi connectivity index (χ3v) is 1.94. The fourth-order valence-corrected chi connectivity index (χ4v) is 1.12. The first-order valence-corrected chi connectivity index (χ1v) is 4.45. The summed E-state index contributed by atoms with van der Waals surface area (Å²) in [6.45, 7) is 0. The van der Waals surface area contributed by atoms with Gasteiger partial charge in [-0.1, -0.05) is 12.1 Å². The van der Waals surface area contributed by atoms with Gasteiger partial charge in [-0.3, -0.25) is 19.7 Å². The van der Waals surface area contributed by atoms with Gasteiger partial charge in [0.15, 0.2) is 5.78 Å². The van der Waals surface area contributed by atoms with Gasteiger partial charge in [0.05, 0.1) is 11.3 Å². The average molecular weight is 237 g/mol. The van der Waals surface area contributed by atoms with E-state index < -0.39 is 28.9 Å². The largest absolute Gasteiger partial charge is 0.475 e. The Labute approximate surface area is 94.8 Å². The molecule has 1 aromatic rings. The number of nitro groups is 1. The number of Topliss-reactive ketones (excluding diaryl/α,β-unsaturated/α-hetero) is 2. The van der Waals surface area contributed by atoms with Gasteiger partial charge >= 0.3 is 5.97 Å². The Morgan fingerprint density at radius 2 is 1.94 bits per heavy atom. The highest BCUT2D eigenvalue weighted by Gasteiger charge is 2.19. The molecule has 0 aliphatic heterocycles. The number of ketones is 2. The summed E-state index contributed by atoms with van der Waals surface area (Å²) in [4.78, 5) is 42.2. The van der Waals surface area contributed by atoms with Crippen LogP contribution in [0.2, 0.25) is 0 Å². The summed E-state index contributed by atoms with van der Waals surface area (Å²) in [6.07, 6.45) is -0.809. The minimum absolute atomic E-state index is 0.0613. The molecule has 0 aliphatic carbocycles. The lowest BCUT2D eigenvalue weighted by Gasteiger charge is -1.98. The minimum Gasteiger partial charge on any atom is -0.475 e. The molecule has 0 aliphatic rings. The number of hydrogen-bond acceptors (Lipinski definition) is 5. The van der Waals surface area contributed by atoms with Gasteiger partial charge in [0.25, 0.3) is 5.69 Å². The second-order valence-electron chi connectivity index (χ2n) is 3.14. The summed E-state index contributed by atoms with van der Waals surface area (Å²) in [6, 6.07) is 4.76. The van der Waals surface area contributed by atoms with Crippen molar-refractivity contribution in [1.82, 2.24) is 0 Å². The number of rotatable bonds is 5. The number of aliphatic carboxylic acids is 1. The van der Waals surface area contributed by atoms with Crippen molar-refractivity contribution < 1.29 is 24.4 Å². The second-order valence-corrected chi connectivity index (χ2v) is 3.14. The molecule has 1 rings (SSSR count). The van der Waals surface area contributed by atoms with E-state index in [0.29, 0.717) is 0 Å². The summed E-state index contributed by atoms with van der Waals surface area (Å²) >= 11 is 0. The molecule has 0 heterocycles. The Morgan fingerprint density at radius 3 is 2.47 bits per heavy atom. The Balaban J connectivity index is 2.90. The first-order valence-electron chi connectivity index (χ1n) is 4.45. The number of carboxylic acid groups (broad SMARTS) is 1. The number of carbonyl (C=O) groups is 3. The van der Waals surface area contributed by atoms with Crippen LogP contribution in [-0.4, -0.2) is 27.6 Å². The smallest absolute Gasteiger partial charge is 0.372 e. The quantitative estimate of drug-likeness (QED) is 0.266. The molecule has 7 heteroatoms. The fraction of sp³-hybridized carbons (Fsp3) is 0.100. The summed E-state index contributed by atoms with van der Waals surface area (Å²) in [5.74, 6) is -3.72. The molecule has 0 atom stereocenters. The molecular weight excluding hydrogens is 230 g/mol. The zero-order chi connectivity index (χ0) is 13.0. The average Bonchev–Trinajstić information content (AvgIpc) is 2.28. The maximum absolute atomic E-state index is 11.4. The van der Waals surface area contributed by atoms with Crippen molar-refractivity contribution in [2.45, 2.75) is 6.42 Å². The van der Waals surface area contributed by atoms with E-state index in [1.807, 2.05) is 0 Å². The van der Waals surface area contributed by atoms with Crippen LogP contribution in [0.5, 0.6) is 0 Å². The van der Waals surface area contributed by atoms with Crippen molar-refractivity contribution >= 4 is 23.2 Å². The number of non-ortho nitro benzene ring substituents is 1. The van der Waals surface area contributed by atoms with Gasteiger partial charge in [-0.05, 0) is 0 Å². The maximum Gasteiger partial charge on any atom is 0.372 e. The lowest BCUT2D eigenvalue weighted by molar-refractivity contribution is -0.384. The van der Waals surface area contributed by atoms with Gasteiger partial charge in [-0.25, -0.2) is 4.79 Å². The standard InChI is InChI=1S/C10H7NO6/c12-8(5-9(13)10(14)15)6-2-1-3-7(4-6)11(16)17/h1-4H,5H2,(H,14,15). The van der Waals surface area contributed by atoms with E-state index in [-0.39, 0.29) is 11.3 Å². The van der Waals surface area contributed by atoms with E-state index in [4.69, 9.17) is 5.11 Å². The third-order valence-electron chi connectivity index (χ3n) is 1.94. The number of carboxylic acids is 1. The van der Waals surface area contributed by atoms with Crippen molar-refractivity contribution in [2.24, 2.45) is 0 Å². The molecule has 0 saturated carbocycles. The van der Waals surface area contributed by atoms with E-state index in [0.717, 1.165) is 6.07 Å². The second kappa shape index (κ2) is 4.97. The normalized spacial score (nSPS) is 9.65. The first-order chi connectivity index (χ1) is 7.91. The number of nitrogens with zero attached hydrogens (tertiary/aromatic N) is 1. The Bertz CT molecular complexity index is 507. The highest BCUT2D eigenvalue weighted by atomic mass is 16.6. The molecule has 7 nitrogen and oxygen atoms in total. The molecule has 0 fully saturated rings. The van der Waals surface area contributed by atoms with Crippen molar-refractivity contribution in [1.29, 1.82) is 0 Å². The monoisotopic (exact) mass is 237 g/mol. The molecule has 0 saturated heterocycles. The molecule has 0 unspecified atom stereocenters. The van der Waals surface area contributed by atoms with E-state index in [1.54, 1.807) is 0 Å². The lowest BCUT2D eigenvalue weighted by atomic mass is 10.1. The van der Waals surface area contributed by atoms with Gasteiger partial charge < -0.3 is 5.11 Å². The summed E-state index contributed by atoms with van der Waals surface area (Å²) < 4.78 is 0. The van der Waals surface area contributed by atoms with Crippen LogP contribution in [0.3, 0.4) is 0 Å². The molecule has 0 amide bonds. The van der Waals surface area contributed by atoms with Gasteiger partial charge in [-0.15, -0.1) is 0 Å². The number of carbonyl (C=O) groups excluding carboxylic acids is 2. The molecule has 0 spiro atoms. The van der Waals surface area contributed by atoms with Crippen molar-refractivity contribution in [2.75, 3.05) is 0 Å². The van der Waals surface area contributed by atoms with Gasteiger partial charge in [-0.2, -0.15) is 0 Å². The summed E-state index contributed by atoms with van der Waals surface area (Å²) in [7, 11) is 0. The highest BCUT2D eigenvalue weighted by molar-refractivity contribution is 6.37. The Kier molecular flexibility index (Phi) is 3.66. The number of hydrogen-bond donors (Lipinski definition) is 1. The minimum atomic E-state index is -1.70. The van der Waals surface area contributed by atoms with Gasteiger partial charge in [0.1, 0.15) is 0 Å². The van der Waals surface area contributed by atoms with Gasteiger partial charge in [0, 0.05) is 17.7 Å². The molecule has 1 aromatic carbocycles. The van der Waals surface area contributed by atoms with Crippen molar-refractivity contribution in [3.63, 3.8) is 0 Å². The fourth-order valence-electron chi connectivity index (χ4n) is 1.12. The number of benzene rings is 1. The topological polar surface area (TPSA) is 115 Å². The van der Waals surface area contributed by atoms with Crippen LogP contribution in [0.1, 0.15) is 16.8 Å². The van der Waals surface area contributed by atoms with E-state index >= 15 is 0 Å². The van der Waals surface area contributed by atoms with E-state index in [1.165, 1.54) is 18.2 Å². The zero-order valence-electron chi connectivity index (χ0n) is 8.45. The maximum atomic E-state index is 11.4. The molecule has 0 aromatic heterocycles. The van der Waals surface area contributed by atoms with Crippen molar-refractivity contribution in [3.8, 4) is 0 Å². The van der Waals surface area contributed by atoms with Crippen molar-refractivity contribution in [3.05, 3.63) is 39.9 Å². The molecular formula is C10H7NO6. The van der Waals surface area contributed by atoms with E-state index in [2.05, 4.69) is 0 Å². The van der Waals surface area contributed by atoms with Crippen LogP contribution in [0.4, 0.5) is 5.69 Å². The molecule has 88 valence electrons. The van der Waals surface area contributed by atoms with Crippen LogP contribution in [0.15, 0.2) is 24.3 Å². The first kappa shape index (κ1) is 12.5. The van der Waals surface area contributed by atoms with Crippen LogP contribution in [-0.2, 0) is 9.59 Å². The molecule has 0 radical (unpaired) electrons. The number of nitro benzene ring substituents is 1. The van der Waals surface area contributed by atoms with Crippen LogP contribution < -0.4 is 0 Å². The molecule has 0 bridgehead atoms. The summed E-state index contributed by atoms with van der Waals surface area (Å²) in [5.41, 5.74) is -0.354. The SMILES string of the molecule is O=C(O)C(=O)CC(=O)c1cccc([N+](=O)[O-])c1. The van der Waals surface area contributed by atoms with Crippen LogP contribution >= 0.6 is 0 Å².